The predicted octanol–water partition coefficient (Wildman–Crippen LogP) is 1.85. The number of piperidine rings is 1. The predicted molar refractivity (Wildman–Crippen MR) is 110 cm³/mol. The van der Waals surface area contributed by atoms with Crippen LogP contribution in [0, 0.1) is 11.7 Å². The lowest BCUT2D eigenvalue weighted by Gasteiger charge is -2.32. The minimum Gasteiger partial charge on any atom is -0.748 e. The van der Waals surface area contributed by atoms with Crippen molar-refractivity contribution in [2.45, 2.75) is 12.3 Å². The maximum atomic E-state index is 13.2. The van der Waals surface area contributed by atoms with Gasteiger partial charge in [0.1, 0.15) is 11.6 Å². The molecule has 1 fully saturated rings. The number of rotatable bonds is 6. The van der Waals surface area contributed by atoms with Gasteiger partial charge >= 0.3 is 0 Å². The van der Waals surface area contributed by atoms with Gasteiger partial charge in [-0.3, -0.25) is 0 Å². The second kappa shape index (κ2) is 10.8. The molecule has 0 saturated carbocycles. The molecule has 2 heterocycles. The third-order valence-electron chi connectivity index (χ3n) is 5.06. The van der Waals surface area contributed by atoms with Gasteiger partial charge in [-0.25, -0.2) is 12.8 Å². The van der Waals surface area contributed by atoms with Crippen LogP contribution < -0.4 is 19.5 Å². The summed E-state index contributed by atoms with van der Waals surface area (Å²) in [6.07, 6.45) is 1.03. The van der Waals surface area contributed by atoms with Gasteiger partial charge in [0.25, 0.3) is 0 Å². The monoisotopic (exact) mass is 454 g/mol. The van der Waals surface area contributed by atoms with E-state index >= 15 is 0 Å². The number of nitrogens with one attached hydrogen (secondary N) is 1. The fourth-order valence-electron chi connectivity index (χ4n) is 3.53. The molecule has 1 saturated heterocycles. The minimum atomic E-state index is -4.17. The summed E-state index contributed by atoms with van der Waals surface area (Å²) in [5.41, 5.74) is 1.18. The van der Waals surface area contributed by atoms with Gasteiger partial charge in [-0.1, -0.05) is 12.1 Å². The first-order valence-corrected chi connectivity index (χ1v) is 11.5. The minimum absolute atomic E-state index is 0.194. The van der Waals surface area contributed by atoms with Crippen LogP contribution in [0.5, 0.6) is 17.2 Å². The van der Waals surface area contributed by atoms with E-state index in [2.05, 4.69) is 5.32 Å². The normalized spacial score (nSPS) is 20.0. The van der Waals surface area contributed by atoms with E-state index in [1.165, 1.54) is 17.7 Å². The number of hydrogen-bond acceptors (Lipinski definition) is 8. The molecule has 31 heavy (non-hydrogen) atoms. The van der Waals surface area contributed by atoms with Crippen molar-refractivity contribution >= 4 is 10.1 Å². The standard InChI is InChI=1S/C19H20FNO3.C2H6O4S/c20-15-3-1-13(2-4-15)17-7-8-21-10-14(17)11-22-16-5-6-18-19(9-16)24-12-23-18;3-1-2-7(4,5)6/h1-6,9,14,17,21H,7-8,10-12H2;3H,1-2H2,(H,4,5,6)/p-1/t14-,17-;/m0./s1. The van der Waals surface area contributed by atoms with E-state index < -0.39 is 22.5 Å². The Hall–Kier alpha value is -2.40. The van der Waals surface area contributed by atoms with E-state index in [0.717, 1.165) is 36.8 Å². The maximum absolute atomic E-state index is 13.2. The number of hydrogen-bond donors (Lipinski definition) is 2. The SMILES string of the molecule is Fc1ccc([C@@H]2CCNC[C@H]2COc2ccc3c(c2)OCO3)cc1.O=S(=O)([O-])CCO. The number of ether oxygens (including phenoxy) is 3. The Kier molecular flexibility index (Phi) is 8.08. The van der Waals surface area contributed by atoms with Crippen molar-refractivity contribution in [3.8, 4) is 17.2 Å². The van der Waals surface area contributed by atoms with E-state index in [1.807, 2.05) is 30.3 Å². The van der Waals surface area contributed by atoms with E-state index in [4.69, 9.17) is 19.3 Å². The van der Waals surface area contributed by atoms with E-state index in [-0.39, 0.29) is 12.6 Å². The van der Waals surface area contributed by atoms with Crippen molar-refractivity contribution in [3.63, 3.8) is 0 Å². The van der Waals surface area contributed by atoms with Gasteiger partial charge in [-0.2, -0.15) is 0 Å². The second-order valence-corrected chi connectivity index (χ2v) is 8.75. The molecule has 2 aliphatic heterocycles. The Morgan fingerprint density at radius 3 is 2.58 bits per heavy atom. The van der Waals surface area contributed by atoms with E-state index in [9.17, 15) is 17.4 Å². The molecule has 8 nitrogen and oxygen atoms in total. The number of halogens is 1. The van der Waals surface area contributed by atoms with Gasteiger partial charge in [-0.15, -0.1) is 0 Å². The molecule has 10 heteroatoms. The summed E-state index contributed by atoms with van der Waals surface area (Å²) in [6.45, 7) is 2.15. The molecule has 2 atom stereocenters. The van der Waals surface area contributed by atoms with Crippen molar-refractivity contribution in [3.05, 3.63) is 53.8 Å². The Balaban J connectivity index is 0.000000339. The molecule has 0 radical (unpaired) electrons. The van der Waals surface area contributed by atoms with E-state index in [0.29, 0.717) is 18.4 Å². The third kappa shape index (κ3) is 7.06. The molecule has 2 aliphatic rings. The first-order chi connectivity index (χ1) is 14.9. The highest BCUT2D eigenvalue weighted by Gasteiger charge is 2.27. The fraction of sp³-hybridized carbons (Fsp3) is 0.429. The lowest BCUT2D eigenvalue weighted by atomic mass is 9.81. The highest BCUT2D eigenvalue weighted by molar-refractivity contribution is 7.85. The summed E-state index contributed by atoms with van der Waals surface area (Å²) in [5.74, 6) is 2.10. The van der Waals surface area contributed by atoms with Crippen LogP contribution in [-0.4, -0.2) is 56.9 Å². The van der Waals surface area contributed by atoms with Crippen LogP contribution >= 0.6 is 0 Å². The molecule has 0 amide bonds. The molecule has 2 N–H and O–H groups in total. The van der Waals surface area contributed by atoms with Crippen LogP contribution in [0.4, 0.5) is 4.39 Å². The largest absolute Gasteiger partial charge is 0.748 e. The average molecular weight is 454 g/mol. The summed E-state index contributed by atoms with van der Waals surface area (Å²) in [4.78, 5) is 0. The molecule has 4 rings (SSSR count). The molecular weight excluding hydrogens is 429 g/mol. The molecule has 0 unspecified atom stereocenters. The Morgan fingerprint density at radius 1 is 1.16 bits per heavy atom. The number of aliphatic hydroxyl groups excluding tert-OH is 1. The first-order valence-electron chi connectivity index (χ1n) is 9.89. The summed E-state index contributed by atoms with van der Waals surface area (Å²) >= 11 is 0. The molecule has 0 bridgehead atoms. The lowest BCUT2D eigenvalue weighted by molar-refractivity contribution is 0.173. The highest BCUT2D eigenvalue weighted by atomic mass is 32.2. The number of aliphatic hydroxyl groups is 1. The maximum Gasteiger partial charge on any atom is 0.231 e. The van der Waals surface area contributed by atoms with E-state index in [1.54, 1.807) is 0 Å². The average Bonchev–Trinajstić information content (AvgIpc) is 3.21. The van der Waals surface area contributed by atoms with Gasteiger partial charge in [0.05, 0.1) is 29.1 Å². The lowest BCUT2D eigenvalue weighted by Crippen LogP contribution is -2.38. The molecule has 2 aromatic rings. The zero-order chi connectivity index (χ0) is 22.3. The van der Waals surface area contributed by atoms with Gasteiger partial charge in [-0.05, 0) is 48.7 Å². The van der Waals surface area contributed by atoms with Crippen molar-refractivity contribution in [1.82, 2.24) is 5.32 Å². The zero-order valence-corrected chi connectivity index (χ0v) is 17.6. The van der Waals surface area contributed by atoms with Crippen LogP contribution in [0.1, 0.15) is 17.9 Å². The molecule has 0 spiro atoms. The molecule has 0 aromatic heterocycles. The van der Waals surface area contributed by atoms with Crippen molar-refractivity contribution < 1.29 is 36.7 Å². The topological polar surface area (TPSA) is 117 Å². The van der Waals surface area contributed by atoms with Crippen LogP contribution in [0.2, 0.25) is 0 Å². The first kappa shape index (κ1) is 23.3. The van der Waals surface area contributed by atoms with Gasteiger partial charge in [0, 0.05) is 18.5 Å². The second-order valence-electron chi connectivity index (χ2n) is 7.22. The molecule has 0 aliphatic carbocycles. The fourth-order valence-corrected chi connectivity index (χ4v) is 3.75. The smallest absolute Gasteiger partial charge is 0.231 e. The quantitative estimate of drug-likeness (QED) is 0.635. The van der Waals surface area contributed by atoms with Gasteiger partial charge in [0.15, 0.2) is 11.5 Å². The number of benzene rings is 2. The Morgan fingerprint density at radius 2 is 1.90 bits per heavy atom. The summed E-state index contributed by atoms with van der Waals surface area (Å²) < 4.78 is 58.4. The van der Waals surface area contributed by atoms with Crippen molar-refractivity contribution in [1.29, 1.82) is 0 Å². The third-order valence-corrected chi connectivity index (χ3v) is 5.74. The molecule has 2 aromatic carbocycles. The summed E-state index contributed by atoms with van der Waals surface area (Å²) in [7, 11) is -4.17. The molecular formula is C21H25FNO7S-. The highest BCUT2D eigenvalue weighted by Crippen LogP contribution is 2.36. The van der Waals surface area contributed by atoms with Crippen LogP contribution in [0.3, 0.4) is 0 Å². The summed E-state index contributed by atoms with van der Waals surface area (Å²) in [5, 5.41) is 11.2. The Labute approximate surface area is 180 Å². The van der Waals surface area contributed by atoms with Crippen molar-refractivity contribution in [2.24, 2.45) is 5.92 Å². The van der Waals surface area contributed by atoms with Crippen LogP contribution in [-0.2, 0) is 10.1 Å². The Bertz CT molecular complexity index is 953. The van der Waals surface area contributed by atoms with Crippen molar-refractivity contribution in [2.75, 3.05) is 38.8 Å². The van der Waals surface area contributed by atoms with Crippen LogP contribution in [0.25, 0.3) is 0 Å². The summed E-state index contributed by atoms with van der Waals surface area (Å²) in [6, 6.07) is 12.5. The molecule has 170 valence electrons. The van der Waals surface area contributed by atoms with Crippen LogP contribution in [0.15, 0.2) is 42.5 Å². The van der Waals surface area contributed by atoms with Gasteiger partial charge < -0.3 is 29.2 Å². The number of fused-ring (bicyclic) bond motifs is 1. The zero-order valence-electron chi connectivity index (χ0n) is 16.8. The van der Waals surface area contributed by atoms with Gasteiger partial charge in [0.2, 0.25) is 6.79 Å².